The summed E-state index contributed by atoms with van der Waals surface area (Å²) >= 11 is 0. The molecular weight excluding hydrogens is 363 g/mol. The van der Waals surface area contributed by atoms with Crippen molar-refractivity contribution < 1.29 is 13.9 Å². The summed E-state index contributed by atoms with van der Waals surface area (Å²) in [7, 11) is 1.71. The predicted octanol–water partition coefficient (Wildman–Crippen LogP) is 1.87. The van der Waals surface area contributed by atoms with Gasteiger partial charge in [0.2, 0.25) is 0 Å². The molecule has 8 nitrogen and oxygen atoms in total. The molecule has 1 amide bonds. The Kier molecular flexibility index (Phi) is 5.20. The van der Waals surface area contributed by atoms with Crippen LogP contribution in [0.3, 0.4) is 0 Å². The number of ether oxygens (including phenoxy) is 1. The zero-order chi connectivity index (χ0) is 19.7. The lowest BCUT2D eigenvalue weighted by Gasteiger charge is -2.32. The van der Waals surface area contributed by atoms with Gasteiger partial charge in [-0.05, 0) is 37.6 Å². The van der Waals surface area contributed by atoms with Gasteiger partial charge < -0.3 is 15.4 Å². The van der Waals surface area contributed by atoms with Gasteiger partial charge in [0.25, 0.3) is 5.91 Å². The fourth-order valence-corrected chi connectivity index (χ4v) is 4.30. The Bertz CT molecular complexity index is 849. The first-order chi connectivity index (χ1) is 13.5. The third-order valence-electron chi connectivity index (χ3n) is 5.82. The lowest BCUT2D eigenvalue weighted by Crippen LogP contribution is -2.39. The summed E-state index contributed by atoms with van der Waals surface area (Å²) in [5.74, 6) is -0.269. The number of aromatic nitrogens is 4. The van der Waals surface area contributed by atoms with E-state index in [1.807, 2.05) is 0 Å². The van der Waals surface area contributed by atoms with Gasteiger partial charge in [-0.3, -0.25) is 14.6 Å². The maximum absolute atomic E-state index is 14.1. The molecule has 2 aromatic rings. The number of nitrogens with zero attached hydrogens (tertiary/aromatic N) is 3. The number of methoxy groups -OCH3 is 1. The Morgan fingerprint density at radius 1 is 1.54 bits per heavy atom. The van der Waals surface area contributed by atoms with Crippen molar-refractivity contribution in [1.29, 1.82) is 0 Å². The van der Waals surface area contributed by atoms with Gasteiger partial charge in [-0.25, -0.2) is 4.39 Å². The number of nitrogens with one attached hydrogen (secondary N) is 3. The van der Waals surface area contributed by atoms with Crippen molar-refractivity contribution in [3.05, 3.63) is 29.3 Å². The van der Waals surface area contributed by atoms with Crippen molar-refractivity contribution in [1.82, 2.24) is 25.3 Å². The van der Waals surface area contributed by atoms with E-state index < -0.39 is 6.17 Å². The molecule has 0 aromatic carbocycles. The Labute approximate surface area is 163 Å². The van der Waals surface area contributed by atoms with Crippen molar-refractivity contribution in [2.24, 2.45) is 5.41 Å². The minimum atomic E-state index is -0.989. The first-order valence-corrected chi connectivity index (χ1v) is 9.74. The van der Waals surface area contributed by atoms with E-state index in [0.29, 0.717) is 31.0 Å². The van der Waals surface area contributed by atoms with E-state index in [2.05, 4.69) is 32.9 Å². The normalized spacial score (nSPS) is 27.4. The number of halogens is 1. The number of aromatic amines is 1. The predicted molar refractivity (Wildman–Crippen MR) is 102 cm³/mol. The van der Waals surface area contributed by atoms with Gasteiger partial charge in [0.1, 0.15) is 6.17 Å². The van der Waals surface area contributed by atoms with E-state index in [1.54, 1.807) is 24.2 Å². The maximum atomic E-state index is 14.1. The molecule has 152 valence electrons. The van der Waals surface area contributed by atoms with Crippen molar-refractivity contribution in [2.75, 3.05) is 32.1 Å². The number of alkyl halides is 1. The summed E-state index contributed by atoms with van der Waals surface area (Å²) in [6.45, 7) is 3.95. The highest BCUT2D eigenvalue weighted by Crippen LogP contribution is 2.36. The number of carbonyl (C=O) groups is 1. The number of piperidine rings is 1. The number of carbonyl (C=O) groups excluding carboxylic acids is 1. The summed E-state index contributed by atoms with van der Waals surface area (Å²) in [4.78, 5) is 12.7. The molecule has 3 atom stereocenters. The molecule has 2 aromatic heterocycles. The molecule has 0 spiro atoms. The highest BCUT2D eigenvalue weighted by atomic mass is 19.1. The second-order valence-electron chi connectivity index (χ2n) is 8.19. The van der Waals surface area contributed by atoms with Gasteiger partial charge in [0, 0.05) is 31.1 Å². The van der Waals surface area contributed by atoms with Crippen LogP contribution in [0.25, 0.3) is 0 Å². The first kappa shape index (κ1) is 19.1. The van der Waals surface area contributed by atoms with Crippen LogP contribution in [0.2, 0.25) is 0 Å². The van der Waals surface area contributed by atoms with Gasteiger partial charge in [0.05, 0.1) is 24.5 Å². The smallest absolute Gasteiger partial charge is 0.276 e. The Balaban J connectivity index is 1.45. The third kappa shape index (κ3) is 3.68. The second-order valence-corrected chi connectivity index (χ2v) is 8.19. The van der Waals surface area contributed by atoms with Crippen LogP contribution in [0.1, 0.15) is 47.6 Å². The average Bonchev–Trinajstić information content (AvgIpc) is 3.28. The van der Waals surface area contributed by atoms with Crippen LogP contribution in [0.15, 0.2) is 12.4 Å². The molecule has 9 heteroatoms. The van der Waals surface area contributed by atoms with Crippen LogP contribution in [0.5, 0.6) is 0 Å². The molecule has 1 fully saturated rings. The third-order valence-corrected chi connectivity index (χ3v) is 5.82. The lowest BCUT2D eigenvalue weighted by atomic mass is 9.75. The van der Waals surface area contributed by atoms with Crippen LogP contribution in [-0.4, -0.2) is 58.9 Å². The number of fused-ring (bicyclic) bond motifs is 1. The molecule has 1 aliphatic carbocycles. The van der Waals surface area contributed by atoms with Gasteiger partial charge >= 0.3 is 0 Å². The van der Waals surface area contributed by atoms with Crippen molar-refractivity contribution in [2.45, 2.75) is 44.8 Å². The van der Waals surface area contributed by atoms with Crippen LogP contribution in [0, 0.1) is 5.41 Å². The van der Waals surface area contributed by atoms with Crippen molar-refractivity contribution in [3.63, 3.8) is 0 Å². The molecule has 0 bridgehead atoms. The largest absolute Gasteiger partial charge is 0.384 e. The summed E-state index contributed by atoms with van der Waals surface area (Å²) in [6.07, 6.45) is 5.46. The summed E-state index contributed by atoms with van der Waals surface area (Å²) in [6, 6.07) is -0.302. The Hall–Kier alpha value is -2.26. The van der Waals surface area contributed by atoms with E-state index >= 15 is 0 Å². The van der Waals surface area contributed by atoms with E-state index in [1.165, 1.54) is 0 Å². The fourth-order valence-electron chi connectivity index (χ4n) is 4.30. The number of rotatable bonds is 5. The molecular formula is C19H27FN6O2. The standard InChI is InChI=1S/C19H27FN6O2/c1-19(11-28-2)5-3-13-15(7-19)24-25-17(13)18(27)23-12-8-22-26(10-12)16-4-6-21-9-14(16)20/h8,10,14,16,21H,3-7,9,11H2,1-2H3,(H,23,27)(H,24,25)/t14-,16-,19?/m1/s1. The van der Waals surface area contributed by atoms with E-state index in [-0.39, 0.29) is 17.4 Å². The van der Waals surface area contributed by atoms with Gasteiger partial charge in [0.15, 0.2) is 5.69 Å². The first-order valence-electron chi connectivity index (χ1n) is 9.74. The lowest BCUT2D eigenvalue weighted by molar-refractivity contribution is 0.0804. The number of amides is 1. The molecule has 0 saturated carbocycles. The topological polar surface area (TPSA) is 96.9 Å². The van der Waals surface area contributed by atoms with Gasteiger partial charge in [-0.1, -0.05) is 6.92 Å². The zero-order valence-electron chi connectivity index (χ0n) is 16.3. The zero-order valence-corrected chi connectivity index (χ0v) is 16.3. The van der Waals surface area contributed by atoms with Gasteiger partial charge in [-0.2, -0.15) is 10.2 Å². The minimum Gasteiger partial charge on any atom is -0.384 e. The number of hydrogen-bond acceptors (Lipinski definition) is 5. The van der Waals surface area contributed by atoms with E-state index in [9.17, 15) is 9.18 Å². The minimum absolute atomic E-state index is 0.0565. The van der Waals surface area contributed by atoms with E-state index in [0.717, 1.165) is 37.1 Å². The molecule has 1 saturated heterocycles. The van der Waals surface area contributed by atoms with Crippen LogP contribution in [-0.2, 0) is 17.6 Å². The molecule has 28 heavy (non-hydrogen) atoms. The molecule has 0 radical (unpaired) electrons. The molecule has 1 unspecified atom stereocenters. The van der Waals surface area contributed by atoms with Crippen LogP contribution >= 0.6 is 0 Å². The molecule has 2 aliphatic rings. The summed E-state index contributed by atoms with van der Waals surface area (Å²) in [5, 5.41) is 17.4. The number of hydrogen-bond donors (Lipinski definition) is 3. The Morgan fingerprint density at radius 2 is 2.39 bits per heavy atom. The van der Waals surface area contributed by atoms with E-state index in [4.69, 9.17) is 4.74 Å². The summed E-state index contributed by atoms with van der Waals surface area (Å²) < 4.78 is 21.0. The average molecular weight is 390 g/mol. The van der Waals surface area contributed by atoms with Crippen LogP contribution in [0.4, 0.5) is 10.1 Å². The fraction of sp³-hybridized carbons (Fsp3) is 0.632. The van der Waals surface area contributed by atoms with Gasteiger partial charge in [-0.15, -0.1) is 0 Å². The summed E-state index contributed by atoms with van der Waals surface area (Å²) in [5.41, 5.74) is 3.00. The molecule has 3 heterocycles. The van der Waals surface area contributed by atoms with Crippen molar-refractivity contribution in [3.8, 4) is 0 Å². The highest BCUT2D eigenvalue weighted by molar-refractivity contribution is 6.03. The SMILES string of the molecule is COCC1(C)CCc2c(C(=O)Nc3cnn([C@@H]4CCNC[C@H]4F)c3)n[nH]c2C1. The monoisotopic (exact) mass is 390 g/mol. The number of anilines is 1. The quantitative estimate of drug-likeness (QED) is 0.724. The second kappa shape index (κ2) is 7.63. The van der Waals surface area contributed by atoms with Crippen molar-refractivity contribution >= 4 is 11.6 Å². The molecule has 1 aliphatic heterocycles. The Morgan fingerprint density at radius 3 is 3.18 bits per heavy atom. The van der Waals surface area contributed by atoms with Crippen LogP contribution < -0.4 is 10.6 Å². The molecule has 4 rings (SSSR count). The maximum Gasteiger partial charge on any atom is 0.276 e. The number of H-pyrrole nitrogens is 1. The molecule has 3 N–H and O–H groups in total. The highest BCUT2D eigenvalue weighted by Gasteiger charge is 2.34.